The lowest BCUT2D eigenvalue weighted by Crippen LogP contribution is -2.53. The molecule has 112 valence electrons. The van der Waals surface area contributed by atoms with Gasteiger partial charge in [-0.25, -0.2) is 0 Å². The minimum Gasteiger partial charge on any atom is -0.490 e. The lowest BCUT2D eigenvalue weighted by Gasteiger charge is -2.26. The number of amides is 1. The minimum absolute atomic E-state index is 0.223. The predicted molar refractivity (Wildman–Crippen MR) is 73.8 cm³/mol. The Labute approximate surface area is 118 Å². The van der Waals surface area contributed by atoms with Crippen LogP contribution in [0.5, 0.6) is 11.5 Å². The summed E-state index contributed by atoms with van der Waals surface area (Å²) in [6.45, 7) is 2.96. The summed E-state index contributed by atoms with van der Waals surface area (Å²) in [7, 11) is 0. The molecule has 6 nitrogen and oxygen atoms in total. The van der Waals surface area contributed by atoms with Crippen LogP contribution in [-0.4, -0.2) is 48.1 Å². The average molecular weight is 283 g/mol. The minimum atomic E-state index is -1.06. The SMILES string of the molecule is CCOc1ccccc1OCC(=O)NC(C)(CO)CO. The molecule has 0 unspecified atom stereocenters. The second kappa shape index (κ2) is 7.72. The molecule has 0 radical (unpaired) electrons. The van der Waals surface area contributed by atoms with Gasteiger partial charge in [0.05, 0.1) is 25.4 Å². The van der Waals surface area contributed by atoms with Gasteiger partial charge in [0.15, 0.2) is 18.1 Å². The fourth-order valence-electron chi connectivity index (χ4n) is 1.49. The first kappa shape index (κ1) is 16.3. The molecule has 0 aliphatic carbocycles. The first-order valence-electron chi connectivity index (χ1n) is 6.42. The van der Waals surface area contributed by atoms with E-state index in [1.807, 2.05) is 13.0 Å². The van der Waals surface area contributed by atoms with Gasteiger partial charge >= 0.3 is 0 Å². The van der Waals surface area contributed by atoms with Crippen molar-refractivity contribution in [1.29, 1.82) is 0 Å². The molecule has 0 saturated carbocycles. The Kier molecular flexibility index (Phi) is 6.27. The summed E-state index contributed by atoms with van der Waals surface area (Å²) in [5, 5.41) is 20.7. The number of benzene rings is 1. The van der Waals surface area contributed by atoms with E-state index in [1.54, 1.807) is 25.1 Å². The van der Waals surface area contributed by atoms with Crippen LogP contribution in [0.25, 0.3) is 0 Å². The lowest BCUT2D eigenvalue weighted by molar-refractivity contribution is -0.126. The van der Waals surface area contributed by atoms with Crippen LogP contribution >= 0.6 is 0 Å². The van der Waals surface area contributed by atoms with Crippen LogP contribution in [-0.2, 0) is 4.79 Å². The Balaban J connectivity index is 2.57. The first-order valence-corrected chi connectivity index (χ1v) is 6.42. The summed E-state index contributed by atoms with van der Waals surface area (Å²) in [5.41, 5.74) is -1.06. The van der Waals surface area contributed by atoms with E-state index in [0.29, 0.717) is 18.1 Å². The highest BCUT2D eigenvalue weighted by Gasteiger charge is 2.24. The number of carbonyl (C=O) groups excluding carboxylic acids is 1. The smallest absolute Gasteiger partial charge is 0.258 e. The maximum absolute atomic E-state index is 11.7. The van der Waals surface area contributed by atoms with E-state index in [2.05, 4.69) is 5.32 Å². The number of para-hydroxylation sites is 2. The van der Waals surface area contributed by atoms with E-state index in [1.165, 1.54) is 0 Å². The van der Waals surface area contributed by atoms with Crippen LogP contribution in [0.1, 0.15) is 13.8 Å². The summed E-state index contributed by atoms with van der Waals surface area (Å²) in [6.07, 6.45) is 0. The van der Waals surface area contributed by atoms with Crippen molar-refractivity contribution >= 4 is 5.91 Å². The molecule has 1 aromatic carbocycles. The molecule has 20 heavy (non-hydrogen) atoms. The highest BCUT2D eigenvalue weighted by atomic mass is 16.5. The molecule has 0 heterocycles. The van der Waals surface area contributed by atoms with E-state index < -0.39 is 11.4 Å². The van der Waals surface area contributed by atoms with E-state index in [-0.39, 0.29) is 19.8 Å². The topological polar surface area (TPSA) is 88.0 Å². The van der Waals surface area contributed by atoms with Crippen molar-refractivity contribution in [2.24, 2.45) is 0 Å². The Morgan fingerprint density at radius 2 is 1.75 bits per heavy atom. The molecule has 3 N–H and O–H groups in total. The second-order valence-corrected chi connectivity index (χ2v) is 4.59. The van der Waals surface area contributed by atoms with Gasteiger partial charge < -0.3 is 25.0 Å². The number of carbonyl (C=O) groups is 1. The summed E-state index contributed by atoms with van der Waals surface area (Å²) in [5.74, 6) is 0.607. The molecule has 0 spiro atoms. The summed E-state index contributed by atoms with van der Waals surface area (Å²) >= 11 is 0. The van der Waals surface area contributed by atoms with Crippen molar-refractivity contribution in [3.8, 4) is 11.5 Å². The number of ether oxygens (including phenoxy) is 2. The normalized spacial score (nSPS) is 11.0. The van der Waals surface area contributed by atoms with Crippen molar-refractivity contribution in [1.82, 2.24) is 5.32 Å². The van der Waals surface area contributed by atoms with E-state index >= 15 is 0 Å². The Morgan fingerprint density at radius 1 is 1.20 bits per heavy atom. The van der Waals surface area contributed by atoms with Gasteiger partial charge in [0.25, 0.3) is 5.91 Å². The quantitative estimate of drug-likeness (QED) is 0.639. The molecule has 0 fully saturated rings. The van der Waals surface area contributed by atoms with Crippen molar-refractivity contribution in [2.75, 3.05) is 26.4 Å². The molecular weight excluding hydrogens is 262 g/mol. The molecule has 0 aliphatic rings. The molecule has 1 amide bonds. The van der Waals surface area contributed by atoms with Crippen LogP contribution in [0.3, 0.4) is 0 Å². The van der Waals surface area contributed by atoms with Gasteiger partial charge in [-0.1, -0.05) is 12.1 Å². The van der Waals surface area contributed by atoms with Gasteiger partial charge in [0.2, 0.25) is 0 Å². The van der Waals surface area contributed by atoms with Crippen LogP contribution in [0.4, 0.5) is 0 Å². The fraction of sp³-hybridized carbons (Fsp3) is 0.500. The molecular formula is C14H21NO5. The molecule has 0 atom stereocenters. The zero-order chi connectivity index (χ0) is 15.0. The molecule has 0 aromatic heterocycles. The number of aliphatic hydroxyl groups excluding tert-OH is 2. The number of rotatable bonds is 8. The van der Waals surface area contributed by atoms with Crippen LogP contribution in [0.15, 0.2) is 24.3 Å². The Hall–Kier alpha value is -1.79. The zero-order valence-electron chi connectivity index (χ0n) is 11.8. The third kappa shape index (κ3) is 4.71. The highest BCUT2D eigenvalue weighted by molar-refractivity contribution is 5.78. The molecule has 0 aliphatic heterocycles. The van der Waals surface area contributed by atoms with Gasteiger partial charge in [-0.3, -0.25) is 4.79 Å². The molecule has 6 heteroatoms. The molecule has 0 bridgehead atoms. The number of hydrogen-bond acceptors (Lipinski definition) is 5. The summed E-state index contributed by atoms with van der Waals surface area (Å²) in [4.78, 5) is 11.7. The third-order valence-corrected chi connectivity index (χ3v) is 2.65. The largest absolute Gasteiger partial charge is 0.490 e. The van der Waals surface area contributed by atoms with E-state index in [4.69, 9.17) is 19.7 Å². The third-order valence-electron chi connectivity index (χ3n) is 2.65. The molecule has 0 saturated heterocycles. The van der Waals surface area contributed by atoms with Crippen LogP contribution < -0.4 is 14.8 Å². The maximum Gasteiger partial charge on any atom is 0.258 e. The van der Waals surface area contributed by atoms with E-state index in [9.17, 15) is 4.79 Å². The zero-order valence-corrected chi connectivity index (χ0v) is 11.8. The summed E-state index contributed by atoms with van der Waals surface area (Å²) < 4.78 is 10.8. The first-order chi connectivity index (χ1) is 9.54. The Morgan fingerprint density at radius 3 is 2.25 bits per heavy atom. The highest BCUT2D eigenvalue weighted by Crippen LogP contribution is 2.26. The number of nitrogens with one attached hydrogen (secondary N) is 1. The second-order valence-electron chi connectivity index (χ2n) is 4.59. The van der Waals surface area contributed by atoms with E-state index in [0.717, 1.165) is 0 Å². The number of hydrogen-bond donors (Lipinski definition) is 3. The van der Waals surface area contributed by atoms with Gasteiger partial charge in [-0.15, -0.1) is 0 Å². The fourth-order valence-corrected chi connectivity index (χ4v) is 1.49. The van der Waals surface area contributed by atoms with Crippen LogP contribution in [0, 0.1) is 0 Å². The molecule has 1 aromatic rings. The van der Waals surface area contributed by atoms with Crippen LogP contribution in [0.2, 0.25) is 0 Å². The van der Waals surface area contributed by atoms with Gasteiger partial charge in [0, 0.05) is 0 Å². The van der Waals surface area contributed by atoms with Gasteiger partial charge in [0.1, 0.15) is 0 Å². The van der Waals surface area contributed by atoms with Crippen molar-refractivity contribution in [3.05, 3.63) is 24.3 Å². The van der Waals surface area contributed by atoms with Gasteiger partial charge in [-0.05, 0) is 26.0 Å². The average Bonchev–Trinajstić information content (AvgIpc) is 2.46. The Bertz CT molecular complexity index is 431. The monoisotopic (exact) mass is 283 g/mol. The van der Waals surface area contributed by atoms with Gasteiger partial charge in [-0.2, -0.15) is 0 Å². The molecule has 1 rings (SSSR count). The van der Waals surface area contributed by atoms with Crippen molar-refractivity contribution in [2.45, 2.75) is 19.4 Å². The van der Waals surface area contributed by atoms with Crippen molar-refractivity contribution in [3.63, 3.8) is 0 Å². The lowest BCUT2D eigenvalue weighted by atomic mass is 10.1. The summed E-state index contributed by atoms with van der Waals surface area (Å²) in [6, 6.07) is 7.05. The van der Waals surface area contributed by atoms with Crippen molar-refractivity contribution < 1.29 is 24.5 Å². The number of aliphatic hydroxyl groups is 2. The maximum atomic E-state index is 11.7. The predicted octanol–water partition coefficient (Wildman–Crippen LogP) is 0.324. The standard InChI is InChI=1S/C14H21NO5/c1-3-19-11-6-4-5-7-12(11)20-8-13(18)15-14(2,9-16)10-17/h4-7,16-17H,3,8-10H2,1-2H3,(H,15,18).